The number of carbonyl (C=O) groups is 1. The third kappa shape index (κ3) is 5.47. The van der Waals surface area contributed by atoms with Gasteiger partial charge < -0.3 is 15.2 Å². The topological polar surface area (TPSA) is 156 Å². The zero-order valence-electron chi connectivity index (χ0n) is 19.1. The summed E-state index contributed by atoms with van der Waals surface area (Å²) in [5.41, 5.74) is 10.0. The monoisotopic (exact) mass is 574 g/mol. The van der Waals surface area contributed by atoms with Gasteiger partial charge in [-0.15, -0.1) is 5.10 Å². The van der Waals surface area contributed by atoms with E-state index in [1.54, 1.807) is 25.1 Å². The largest absolute Gasteiger partial charge is 0.490 e. The van der Waals surface area contributed by atoms with Gasteiger partial charge in [0.25, 0.3) is 5.91 Å². The summed E-state index contributed by atoms with van der Waals surface area (Å²) in [6.45, 7) is 4.15. The maximum atomic E-state index is 12.8. The van der Waals surface area contributed by atoms with Crippen molar-refractivity contribution in [1.29, 1.82) is 0 Å². The third-order valence-corrected chi connectivity index (χ3v) is 5.75. The number of hydrazone groups is 1. The van der Waals surface area contributed by atoms with Crippen LogP contribution in [0.25, 0.3) is 5.82 Å². The lowest BCUT2D eigenvalue weighted by Gasteiger charge is -2.15. The highest BCUT2D eigenvalue weighted by atomic mass is 79.9. The van der Waals surface area contributed by atoms with Crippen molar-refractivity contribution in [2.75, 3.05) is 12.3 Å². The minimum atomic E-state index is -0.583. The number of rotatable bonds is 9. The van der Waals surface area contributed by atoms with E-state index in [0.717, 1.165) is 10.2 Å². The lowest BCUT2D eigenvalue weighted by molar-refractivity contribution is 0.0946. The first kappa shape index (κ1) is 25.1. The summed E-state index contributed by atoms with van der Waals surface area (Å²) in [5.74, 6) is 0.436. The Kier molecular flexibility index (Phi) is 7.80. The molecule has 0 aliphatic heterocycles. The molecule has 4 rings (SSSR count). The van der Waals surface area contributed by atoms with E-state index in [2.05, 4.69) is 51.7 Å². The molecule has 0 spiro atoms. The van der Waals surface area contributed by atoms with Gasteiger partial charge in [-0.3, -0.25) is 4.79 Å². The molecule has 14 heteroatoms. The zero-order chi connectivity index (χ0) is 25.7. The smallest absolute Gasteiger partial charge is 0.292 e. The van der Waals surface area contributed by atoms with Gasteiger partial charge in [0.05, 0.1) is 23.0 Å². The summed E-state index contributed by atoms with van der Waals surface area (Å²) in [6.07, 6.45) is 1.46. The van der Waals surface area contributed by atoms with E-state index in [1.807, 2.05) is 25.1 Å². The number of anilines is 1. The van der Waals surface area contributed by atoms with Gasteiger partial charge in [-0.2, -0.15) is 9.78 Å². The van der Waals surface area contributed by atoms with E-state index < -0.39 is 5.91 Å². The first-order valence-corrected chi connectivity index (χ1v) is 11.7. The molecule has 36 heavy (non-hydrogen) atoms. The Hall–Kier alpha value is -3.97. The Morgan fingerprint density at radius 2 is 2.11 bits per heavy atom. The number of nitrogen functional groups attached to an aromatic ring is 1. The van der Waals surface area contributed by atoms with Crippen molar-refractivity contribution in [2.24, 2.45) is 5.10 Å². The van der Waals surface area contributed by atoms with Crippen molar-refractivity contribution in [3.05, 3.63) is 68.4 Å². The molecule has 0 radical (unpaired) electrons. The van der Waals surface area contributed by atoms with Crippen LogP contribution in [0.1, 0.15) is 34.2 Å². The van der Waals surface area contributed by atoms with Gasteiger partial charge >= 0.3 is 0 Å². The summed E-state index contributed by atoms with van der Waals surface area (Å²) in [7, 11) is 0. The highest BCUT2D eigenvalue weighted by Gasteiger charge is 2.22. The predicted octanol–water partition coefficient (Wildman–Crippen LogP) is 3.70. The molecule has 4 aromatic rings. The molecular weight excluding hydrogens is 556 g/mol. The number of nitrogens with one attached hydrogen (secondary N) is 1. The van der Waals surface area contributed by atoms with E-state index >= 15 is 0 Å². The number of ether oxygens (including phenoxy) is 2. The standard InChI is InChI=1S/C22H20BrClN8O4/c1-3-34-17-9-13(8-15(23)19(17)35-11-14-6-4-5-7-16(14)24)10-26-28-22(33)18-12(2)27-31-32(18)21-20(25)29-36-30-21/h4-10H,3,11H2,1-2H3,(H2,25,29)(H,28,33). The molecular formula is C22H20BrClN8O4. The molecule has 2 aromatic heterocycles. The average Bonchev–Trinajstić information content (AvgIpc) is 3.44. The van der Waals surface area contributed by atoms with E-state index in [0.29, 0.717) is 38.9 Å². The molecule has 0 atom stereocenters. The van der Waals surface area contributed by atoms with Crippen molar-refractivity contribution in [1.82, 2.24) is 30.7 Å². The van der Waals surface area contributed by atoms with E-state index in [4.69, 9.17) is 26.8 Å². The zero-order valence-corrected chi connectivity index (χ0v) is 21.4. The fourth-order valence-corrected chi connectivity index (χ4v) is 3.92. The van der Waals surface area contributed by atoms with Crippen molar-refractivity contribution >= 4 is 45.5 Å². The number of amides is 1. The van der Waals surface area contributed by atoms with Crippen LogP contribution in [-0.2, 0) is 6.61 Å². The van der Waals surface area contributed by atoms with Gasteiger partial charge in [0.2, 0.25) is 11.6 Å². The van der Waals surface area contributed by atoms with Crippen LogP contribution in [0.15, 0.2) is 50.6 Å². The summed E-state index contributed by atoms with van der Waals surface area (Å²) in [4.78, 5) is 12.8. The number of nitrogens with two attached hydrogens (primary N) is 1. The van der Waals surface area contributed by atoms with Crippen molar-refractivity contribution in [3.63, 3.8) is 0 Å². The van der Waals surface area contributed by atoms with Crippen LogP contribution >= 0.6 is 27.5 Å². The van der Waals surface area contributed by atoms with Crippen molar-refractivity contribution in [3.8, 4) is 17.3 Å². The Bertz CT molecular complexity index is 1420. The van der Waals surface area contributed by atoms with E-state index in [-0.39, 0.29) is 23.9 Å². The van der Waals surface area contributed by atoms with Gasteiger partial charge in [-0.25, -0.2) is 10.1 Å². The molecule has 12 nitrogen and oxygen atoms in total. The molecule has 3 N–H and O–H groups in total. The fourth-order valence-electron chi connectivity index (χ4n) is 3.15. The molecule has 2 heterocycles. The highest BCUT2D eigenvalue weighted by molar-refractivity contribution is 9.10. The number of hydrogen-bond acceptors (Lipinski definition) is 10. The molecule has 1 amide bonds. The van der Waals surface area contributed by atoms with Crippen LogP contribution in [0.3, 0.4) is 0 Å². The highest BCUT2D eigenvalue weighted by Crippen LogP contribution is 2.37. The van der Waals surface area contributed by atoms with Crippen LogP contribution in [0.2, 0.25) is 5.02 Å². The lowest BCUT2D eigenvalue weighted by Crippen LogP contribution is -2.22. The second kappa shape index (κ2) is 11.2. The molecule has 186 valence electrons. The molecule has 0 saturated carbocycles. The SMILES string of the molecule is CCOc1cc(C=NNC(=O)c2c(C)nnn2-c2nonc2N)cc(Br)c1OCc1ccccc1Cl. The van der Waals surface area contributed by atoms with Crippen LogP contribution in [0.4, 0.5) is 5.82 Å². The number of hydrogen-bond donors (Lipinski definition) is 2. The first-order chi connectivity index (χ1) is 17.4. The summed E-state index contributed by atoms with van der Waals surface area (Å²) in [6, 6.07) is 10.9. The summed E-state index contributed by atoms with van der Waals surface area (Å²) in [5, 5.41) is 19.5. The van der Waals surface area contributed by atoms with Gasteiger partial charge in [0.1, 0.15) is 6.61 Å². The fraction of sp³-hybridized carbons (Fsp3) is 0.182. The molecule has 0 saturated heterocycles. The van der Waals surface area contributed by atoms with Crippen LogP contribution < -0.4 is 20.6 Å². The second-order valence-electron chi connectivity index (χ2n) is 7.25. The maximum Gasteiger partial charge on any atom is 0.292 e. The molecule has 0 fully saturated rings. The average molecular weight is 576 g/mol. The maximum absolute atomic E-state index is 12.8. The van der Waals surface area contributed by atoms with Gasteiger partial charge in [-0.05, 0) is 63.9 Å². The van der Waals surface area contributed by atoms with Crippen LogP contribution in [-0.4, -0.2) is 44.0 Å². The minimum absolute atomic E-state index is 0.0393. The number of aromatic nitrogens is 5. The minimum Gasteiger partial charge on any atom is -0.490 e. The van der Waals surface area contributed by atoms with Crippen molar-refractivity contribution in [2.45, 2.75) is 20.5 Å². The Morgan fingerprint density at radius 1 is 1.31 bits per heavy atom. The molecule has 2 aromatic carbocycles. The molecule has 0 aliphatic carbocycles. The number of benzene rings is 2. The molecule has 0 aliphatic rings. The molecule has 0 unspecified atom stereocenters. The number of halogens is 2. The summed E-state index contributed by atoms with van der Waals surface area (Å²) < 4.78 is 18.1. The van der Waals surface area contributed by atoms with E-state index in [1.165, 1.54) is 6.21 Å². The van der Waals surface area contributed by atoms with E-state index in [9.17, 15) is 4.79 Å². The number of carbonyl (C=O) groups excluding carboxylic acids is 1. The quantitative estimate of drug-likeness (QED) is 0.224. The molecule has 0 bridgehead atoms. The normalized spacial score (nSPS) is 11.1. The second-order valence-corrected chi connectivity index (χ2v) is 8.51. The Balaban J connectivity index is 1.51. The van der Waals surface area contributed by atoms with Gasteiger partial charge in [0, 0.05) is 10.6 Å². The van der Waals surface area contributed by atoms with Gasteiger partial charge in [-0.1, -0.05) is 35.0 Å². The Labute approximate surface area is 218 Å². The number of aryl methyl sites for hydroxylation is 1. The van der Waals surface area contributed by atoms with Crippen molar-refractivity contribution < 1.29 is 18.9 Å². The van der Waals surface area contributed by atoms with Crippen LogP contribution in [0.5, 0.6) is 11.5 Å². The first-order valence-electron chi connectivity index (χ1n) is 10.6. The number of nitrogens with zero attached hydrogens (tertiary/aromatic N) is 6. The lowest BCUT2D eigenvalue weighted by atomic mass is 10.2. The summed E-state index contributed by atoms with van der Waals surface area (Å²) >= 11 is 9.75. The van der Waals surface area contributed by atoms with Gasteiger partial charge in [0.15, 0.2) is 17.2 Å². The Morgan fingerprint density at radius 3 is 2.83 bits per heavy atom. The predicted molar refractivity (Wildman–Crippen MR) is 135 cm³/mol. The van der Waals surface area contributed by atoms with Crippen LogP contribution in [0, 0.1) is 6.92 Å². The third-order valence-electron chi connectivity index (χ3n) is 4.79.